The van der Waals surface area contributed by atoms with Gasteiger partial charge in [-0.1, -0.05) is 19.8 Å². The first-order chi connectivity index (χ1) is 16.1. The van der Waals surface area contributed by atoms with E-state index in [9.17, 15) is 18.0 Å². The molecule has 188 valence electrons. The molecule has 1 aliphatic carbocycles. The van der Waals surface area contributed by atoms with Crippen LogP contribution in [0, 0.1) is 11.3 Å². The molecule has 0 radical (unpaired) electrons. The average molecular weight is 480 g/mol. The van der Waals surface area contributed by atoms with E-state index in [1.165, 1.54) is 0 Å². The van der Waals surface area contributed by atoms with E-state index in [4.69, 9.17) is 5.73 Å². The van der Waals surface area contributed by atoms with E-state index in [-0.39, 0.29) is 12.1 Å². The highest BCUT2D eigenvalue weighted by Crippen LogP contribution is 2.56. The van der Waals surface area contributed by atoms with Crippen molar-refractivity contribution in [3.63, 3.8) is 0 Å². The summed E-state index contributed by atoms with van der Waals surface area (Å²) in [6.45, 7) is 4.01. The van der Waals surface area contributed by atoms with E-state index in [0.29, 0.717) is 37.3 Å². The Morgan fingerprint density at radius 3 is 2.71 bits per heavy atom. The first kappa shape index (κ1) is 24.8. The third-order valence-corrected chi connectivity index (χ3v) is 7.70. The quantitative estimate of drug-likeness (QED) is 0.280. The fourth-order valence-electron chi connectivity index (χ4n) is 5.35. The van der Waals surface area contributed by atoms with Gasteiger partial charge in [-0.3, -0.25) is 4.79 Å². The van der Waals surface area contributed by atoms with Crippen molar-refractivity contribution in [2.75, 3.05) is 20.1 Å². The molecule has 3 aliphatic heterocycles. The van der Waals surface area contributed by atoms with Gasteiger partial charge in [0.25, 0.3) is 5.91 Å². The molecule has 0 aromatic heterocycles. The summed E-state index contributed by atoms with van der Waals surface area (Å²) in [5.41, 5.74) is 7.03. The Balaban J connectivity index is 1.25. The Kier molecular flexibility index (Phi) is 7.12. The van der Waals surface area contributed by atoms with Crippen LogP contribution in [0.15, 0.2) is 40.3 Å². The van der Waals surface area contributed by atoms with E-state index >= 15 is 0 Å². The van der Waals surface area contributed by atoms with E-state index in [1.807, 2.05) is 29.1 Å². The fraction of sp³-hybridized carbons (Fsp3) is 0.680. The molecule has 4 aliphatic rings. The van der Waals surface area contributed by atoms with Gasteiger partial charge < -0.3 is 10.6 Å². The van der Waals surface area contributed by atoms with Crippen LogP contribution in [0.5, 0.6) is 0 Å². The lowest BCUT2D eigenvalue weighted by Gasteiger charge is -2.52. The number of nitrogens with two attached hydrogens (primary N) is 1. The van der Waals surface area contributed by atoms with Crippen molar-refractivity contribution in [2.45, 2.75) is 77.1 Å². The third kappa shape index (κ3) is 5.50. The molecule has 0 aromatic carbocycles. The molecule has 2 saturated heterocycles. The Bertz CT molecular complexity index is 903. The van der Waals surface area contributed by atoms with Crippen molar-refractivity contribution in [3.8, 4) is 0 Å². The number of aliphatic imine (C=N–C) groups is 1. The summed E-state index contributed by atoms with van der Waals surface area (Å²) in [7, 11) is 1.94. The second-order valence-corrected chi connectivity index (χ2v) is 10.3. The van der Waals surface area contributed by atoms with E-state index in [0.717, 1.165) is 50.2 Å². The third-order valence-electron chi connectivity index (χ3n) is 7.70. The zero-order valence-corrected chi connectivity index (χ0v) is 20.2. The number of carbonyl (C=O) groups excluding carboxylic acids is 1. The number of nitrogens with zero attached hydrogens (tertiary/aromatic N) is 4. The molecular formula is C25H36F3N5O. The number of rotatable bonds is 10. The van der Waals surface area contributed by atoms with Gasteiger partial charge in [-0.05, 0) is 68.1 Å². The molecule has 3 fully saturated rings. The highest BCUT2D eigenvalue weighted by Gasteiger charge is 2.51. The van der Waals surface area contributed by atoms with Crippen LogP contribution in [0.4, 0.5) is 13.2 Å². The van der Waals surface area contributed by atoms with Crippen LogP contribution >= 0.6 is 0 Å². The van der Waals surface area contributed by atoms with Crippen LogP contribution in [0.3, 0.4) is 0 Å². The lowest BCUT2D eigenvalue weighted by atomic mass is 9.94. The van der Waals surface area contributed by atoms with Gasteiger partial charge in [0.05, 0.1) is 5.57 Å². The molecule has 6 nitrogen and oxygen atoms in total. The molecule has 0 bridgehead atoms. The lowest BCUT2D eigenvalue weighted by molar-refractivity contribution is -0.172. The number of allylic oxidation sites excluding steroid dienone is 4. The number of halogens is 3. The number of hydrogen-bond acceptors (Lipinski definition) is 5. The molecule has 2 unspecified atom stereocenters. The number of unbranched alkanes of at least 4 members (excludes halogenated alkanes) is 1. The topological polar surface area (TPSA) is 65.2 Å². The van der Waals surface area contributed by atoms with Crippen LogP contribution in [0.1, 0.15) is 64.7 Å². The number of alkyl halides is 3. The summed E-state index contributed by atoms with van der Waals surface area (Å²) in [5, 5.41) is 4.03. The van der Waals surface area contributed by atoms with Crippen molar-refractivity contribution >= 4 is 12.1 Å². The van der Waals surface area contributed by atoms with Crippen molar-refractivity contribution in [2.24, 2.45) is 22.1 Å². The zero-order valence-electron chi connectivity index (χ0n) is 20.2. The van der Waals surface area contributed by atoms with Crippen LogP contribution in [-0.4, -0.2) is 59.5 Å². The molecule has 2 N–H and O–H groups in total. The Hall–Kier alpha value is -2.29. The van der Waals surface area contributed by atoms with Gasteiger partial charge in [0.2, 0.25) is 0 Å². The van der Waals surface area contributed by atoms with E-state index in [2.05, 4.69) is 16.9 Å². The number of amides is 1. The number of likely N-dealkylation sites (N-methyl/N-ethyl adjacent to an activating group) is 1. The number of carbonyl (C=O) groups is 1. The molecule has 4 rings (SSSR count). The van der Waals surface area contributed by atoms with Gasteiger partial charge in [-0.25, -0.2) is 15.0 Å². The second-order valence-electron chi connectivity index (χ2n) is 10.3. The standard InChI is InChI=1S/C25H36F3N5O/c1-3-18-10-15-32(16-18)33-22-20(23(33)34)7-8-21(31(22)2)30-14-9-19(29)6-4-5-11-24(12-13-24)17-25(26,27)28/h7-9,14,18,22H,3-6,10-13,15-17,29H2,1-2H3. The number of β-lactam (4-membered cyclic amide) rings is 1. The van der Waals surface area contributed by atoms with Crippen molar-refractivity contribution in [1.82, 2.24) is 14.9 Å². The molecule has 3 heterocycles. The number of hydrogen-bond donors (Lipinski definition) is 1. The molecule has 9 heteroatoms. The second kappa shape index (κ2) is 9.76. The van der Waals surface area contributed by atoms with Crippen molar-refractivity contribution < 1.29 is 18.0 Å². The molecule has 1 amide bonds. The highest BCUT2D eigenvalue weighted by molar-refractivity contribution is 6.02. The molecule has 34 heavy (non-hydrogen) atoms. The van der Waals surface area contributed by atoms with Crippen molar-refractivity contribution in [3.05, 3.63) is 35.3 Å². The summed E-state index contributed by atoms with van der Waals surface area (Å²) < 4.78 is 38.0. The van der Waals surface area contributed by atoms with Crippen LogP contribution in [0.25, 0.3) is 0 Å². The predicted molar refractivity (Wildman–Crippen MR) is 126 cm³/mol. The predicted octanol–water partition coefficient (Wildman–Crippen LogP) is 4.72. The maximum Gasteiger partial charge on any atom is 0.389 e. The minimum atomic E-state index is -4.07. The van der Waals surface area contributed by atoms with Crippen LogP contribution < -0.4 is 5.73 Å². The van der Waals surface area contributed by atoms with Crippen LogP contribution in [-0.2, 0) is 4.79 Å². The van der Waals surface area contributed by atoms with Crippen molar-refractivity contribution in [1.29, 1.82) is 0 Å². The maximum atomic E-state index is 12.7. The van der Waals surface area contributed by atoms with E-state index < -0.39 is 18.0 Å². The molecular weight excluding hydrogens is 443 g/mol. The summed E-state index contributed by atoms with van der Waals surface area (Å²) in [4.78, 5) is 19.2. The molecule has 2 atom stereocenters. The van der Waals surface area contributed by atoms with Gasteiger partial charge in [0.15, 0.2) is 6.17 Å². The Labute approximate surface area is 200 Å². The summed E-state index contributed by atoms with van der Waals surface area (Å²) >= 11 is 0. The largest absolute Gasteiger partial charge is 0.402 e. The molecule has 1 saturated carbocycles. The molecule has 0 spiro atoms. The molecule has 0 aromatic rings. The Morgan fingerprint density at radius 2 is 2.06 bits per heavy atom. The lowest BCUT2D eigenvalue weighted by Crippen LogP contribution is -2.67. The average Bonchev–Trinajstić information content (AvgIpc) is 3.35. The smallest absolute Gasteiger partial charge is 0.389 e. The van der Waals surface area contributed by atoms with Gasteiger partial charge in [-0.2, -0.15) is 13.2 Å². The summed E-state index contributed by atoms with van der Waals surface area (Å²) in [6, 6.07) is 0. The first-order valence-corrected chi connectivity index (χ1v) is 12.4. The highest BCUT2D eigenvalue weighted by atomic mass is 19.4. The number of hydrazine groups is 1. The van der Waals surface area contributed by atoms with Gasteiger partial charge in [0.1, 0.15) is 5.82 Å². The minimum absolute atomic E-state index is 0.0697. The van der Waals surface area contributed by atoms with E-state index in [1.54, 1.807) is 12.3 Å². The minimum Gasteiger partial charge on any atom is -0.402 e. The van der Waals surface area contributed by atoms with Gasteiger partial charge in [-0.15, -0.1) is 0 Å². The SMILES string of the molecule is CCC1CCN(N2C(=O)C3=CC=C(N=CC=C(N)CCCCC4(CC(F)(F)F)CC4)N(C)C32)C1. The summed E-state index contributed by atoms with van der Waals surface area (Å²) in [6.07, 6.45) is 8.67. The number of fused-ring (bicyclic) bond motifs is 1. The maximum absolute atomic E-state index is 12.7. The van der Waals surface area contributed by atoms with Crippen LogP contribution in [0.2, 0.25) is 0 Å². The first-order valence-electron chi connectivity index (χ1n) is 12.4. The van der Waals surface area contributed by atoms with Gasteiger partial charge >= 0.3 is 6.18 Å². The summed E-state index contributed by atoms with van der Waals surface area (Å²) in [5.74, 6) is 1.46. The fourth-order valence-corrected chi connectivity index (χ4v) is 5.35. The monoisotopic (exact) mass is 479 g/mol. The van der Waals surface area contributed by atoms with Gasteiger partial charge in [0, 0.05) is 38.5 Å². The zero-order chi connectivity index (χ0) is 24.5. The Morgan fingerprint density at radius 1 is 1.29 bits per heavy atom. The normalized spacial score (nSPS) is 27.1.